The van der Waals surface area contributed by atoms with Gasteiger partial charge in [-0.25, -0.2) is 4.68 Å². The number of aromatic nitrogens is 3. The zero-order valence-electron chi connectivity index (χ0n) is 17.8. The lowest BCUT2D eigenvalue weighted by Crippen LogP contribution is -2.33. The lowest BCUT2D eigenvalue weighted by molar-refractivity contribution is -0.145. The molecule has 1 aliphatic carbocycles. The molecule has 9 heteroatoms. The Labute approximate surface area is 188 Å². The van der Waals surface area contributed by atoms with Crippen LogP contribution in [0.5, 0.6) is 5.75 Å². The molecule has 0 saturated heterocycles. The van der Waals surface area contributed by atoms with Crippen LogP contribution >= 0.6 is 0 Å². The van der Waals surface area contributed by atoms with Crippen molar-refractivity contribution in [2.45, 2.75) is 38.6 Å². The van der Waals surface area contributed by atoms with Gasteiger partial charge in [-0.15, -0.1) is 5.10 Å². The minimum atomic E-state index is -4.69. The van der Waals surface area contributed by atoms with E-state index in [9.17, 15) is 18.0 Å². The highest BCUT2D eigenvalue weighted by Crippen LogP contribution is 2.42. The van der Waals surface area contributed by atoms with E-state index in [0.717, 1.165) is 10.2 Å². The molecule has 0 fully saturated rings. The average molecular weight is 454 g/mol. The number of fused-ring (bicyclic) bond motifs is 1. The number of allylic oxidation sites excluding steroid dienone is 2. The van der Waals surface area contributed by atoms with Gasteiger partial charge in [0.15, 0.2) is 5.78 Å². The number of hydrogen-bond donors (Lipinski definition) is 1. The molecule has 0 amide bonds. The molecule has 1 aliphatic heterocycles. The number of carbonyl (C=O) groups excluding carboxylic acids is 1. The summed E-state index contributed by atoms with van der Waals surface area (Å²) in [5.74, 6) is -0.644. The summed E-state index contributed by atoms with van der Waals surface area (Å²) in [7, 11) is 0. The Kier molecular flexibility index (Phi) is 5.19. The van der Waals surface area contributed by atoms with Gasteiger partial charge in [0, 0.05) is 17.7 Å². The second-order valence-corrected chi connectivity index (χ2v) is 8.40. The molecule has 3 aromatic rings. The molecule has 0 radical (unpaired) electrons. The highest BCUT2D eigenvalue weighted by atomic mass is 19.4. The largest absolute Gasteiger partial charge is 0.489 e. The number of ketones is 1. The van der Waals surface area contributed by atoms with E-state index < -0.39 is 18.0 Å². The van der Waals surface area contributed by atoms with Gasteiger partial charge in [0.2, 0.25) is 5.95 Å². The summed E-state index contributed by atoms with van der Waals surface area (Å²) >= 11 is 0. The number of nitrogens with one attached hydrogen (secondary N) is 1. The van der Waals surface area contributed by atoms with Gasteiger partial charge in [0.25, 0.3) is 5.82 Å². The molecule has 2 aromatic carbocycles. The normalized spacial score (nSPS) is 20.2. The topological polar surface area (TPSA) is 69.0 Å². The van der Waals surface area contributed by atoms with Crippen LogP contribution < -0.4 is 10.1 Å². The van der Waals surface area contributed by atoms with Crippen LogP contribution in [-0.4, -0.2) is 20.5 Å². The van der Waals surface area contributed by atoms with E-state index in [4.69, 9.17) is 4.74 Å². The lowest BCUT2D eigenvalue weighted by atomic mass is 9.81. The highest BCUT2D eigenvalue weighted by Gasteiger charge is 2.42. The third kappa shape index (κ3) is 4.10. The molecule has 0 saturated carbocycles. The van der Waals surface area contributed by atoms with Crippen LogP contribution in [0.4, 0.5) is 19.1 Å². The number of nitrogens with zero attached hydrogens (tertiary/aromatic N) is 3. The Morgan fingerprint density at radius 1 is 1.09 bits per heavy atom. The number of rotatable bonds is 4. The van der Waals surface area contributed by atoms with Crippen molar-refractivity contribution in [1.82, 2.24) is 14.8 Å². The molecular formula is C24H21F3N4O2. The van der Waals surface area contributed by atoms with Gasteiger partial charge in [-0.05, 0) is 35.6 Å². The first-order chi connectivity index (χ1) is 15.8. The molecule has 2 aliphatic rings. The van der Waals surface area contributed by atoms with Crippen molar-refractivity contribution >= 4 is 11.7 Å². The van der Waals surface area contributed by atoms with Gasteiger partial charge < -0.3 is 10.1 Å². The predicted molar refractivity (Wildman–Crippen MR) is 114 cm³/mol. The van der Waals surface area contributed by atoms with Crippen molar-refractivity contribution in [3.05, 3.63) is 82.8 Å². The maximum absolute atomic E-state index is 13.3. The Bertz CT molecular complexity index is 1220. The summed E-state index contributed by atoms with van der Waals surface area (Å²) in [6, 6.07) is 15.9. The molecule has 5 rings (SSSR count). The van der Waals surface area contributed by atoms with Crippen LogP contribution in [0.1, 0.15) is 42.8 Å². The molecule has 2 unspecified atom stereocenters. The van der Waals surface area contributed by atoms with E-state index in [1.807, 2.05) is 37.3 Å². The SMILES string of the molecule is CC1CC(=O)C2=C(C1)Nc1nc(C(F)(F)F)nn1C2c1ccc(OCc2ccccc2)cc1. The van der Waals surface area contributed by atoms with Crippen LogP contribution in [0, 0.1) is 5.92 Å². The molecule has 1 N–H and O–H groups in total. The highest BCUT2D eigenvalue weighted by molar-refractivity contribution is 5.99. The van der Waals surface area contributed by atoms with Crippen LogP contribution in [0.3, 0.4) is 0 Å². The molecule has 170 valence electrons. The summed E-state index contributed by atoms with van der Waals surface area (Å²) in [5, 5.41) is 6.65. The molecular weight excluding hydrogens is 433 g/mol. The minimum absolute atomic E-state index is 0.0163. The summed E-state index contributed by atoms with van der Waals surface area (Å²) in [6.45, 7) is 2.33. The van der Waals surface area contributed by atoms with E-state index in [-0.39, 0.29) is 17.6 Å². The maximum atomic E-state index is 13.3. The van der Waals surface area contributed by atoms with E-state index >= 15 is 0 Å². The standard InChI is InChI=1S/C24H21F3N4O2/c1-14-11-18-20(19(32)12-14)21(31-23(28-18)29-22(30-31)24(25,26)27)16-7-9-17(10-8-16)33-13-15-5-3-2-4-6-15/h2-10,14,21H,11-13H2,1H3,(H,28,29,30). The minimum Gasteiger partial charge on any atom is -0.489 e. The van der Waals surface area contributed by atoms with Crippen molar-refractivity contribution in [3.63, 3.8) is 0 Å². The number of benzene rings is 2. The average Bonchev–Trinajstić information content (AvgIpc) is 3.22. The van der Waals surface area contributed by atoms with Crippen molar-refractivity contribution in [3.8, 4) is 5.75 Å². The van der Waals surface area contributed by atoms with Crippen LogP contribution in [0.2, 0.25) is 0 Å². The van der Waals surface area contributed by atoms with E-state index in [2.05, 4.69) is 15.4 Å². The third-order valence-electron chi connectivity index (χ3n) is 5.82. The molecule has 2 atom stereocenters. The first-order valence-corrected chi connectivity index (χ1v) is 10.6. The second kappa shape index (κ2) is 8.06. The number of alkyl halides is 3. The van der Waals surface area contributed by atoms with Crippen LogP contribution in [0.25, 0.3) is 0 Å². The van der Waals surface area contributed by atoms with Gasteiger partial charge in [-0.1, -0.05) is 49.4 Å². The number of carbonyl (C=O) groups is 1. The number of anilines is 1. The summed E-state index contributed by atoms with van der Waals surface area (Å²) in [6.07, 6.45) is -3.79. The van der Waals surface area contributed by atoms with E-state index in [0.29, 0.717) is 42.0 Å². The molecule has 0 bridgehead atoms. The smallest absolute Gasteiger partial charge is 0.453 e. The van der Waals surface area contributed by atoms with Gasteiger partial charge in [-0.3, -0.25) is 4.79 Å². The fraction of sp³-hybridized carbons (Fsp3) is 0.292. The number of ether oxygens (including phenoxy) is 1. The van der Waals surface area contributed by atoms with E-state index in [1.54, 1.807) is 24.3 Å². The molecule has 6 nitrogen and oxygen atoms in total. The monoisotopic (exact) mass is 454 g/mol. The van der Waals surface area contributed by atoms with Crippen molar-refractivity contribution in [2.24, 2.45) is 5.92 Å². The first-order valence-electron chi connectivity index (χ1n) is 10.6. The first kappa shape index (κ1) is 21.2. The van der Waals surface area contributed by atoms with Crippen molar-refractivity contribution in [1.29, 1.82) is 0 Å². The quantitative estimate of drug-likeness (QED) is 0.591. The predicted octanol–water partition coefficient (Wildman–Crippen LogP) is 5.14. The fourth-order valence-electron chi connectivity index (χ4n) is 4.32. The Balaban J connectivity index is 1.49. The lowest BCUT2D eigenvalue weighted by Gasteiger charge is -2.34. The number of Topliss-reactive ketones (excluding diaryl/α,β-unsaturated/α-hetero) is 1. The molecule has 0 spiro atoms. The van der Waals surface area contributed by atoms with Gasteiger partial charge >= 0.3 is 6.18 Å². The number of hydrogen-bond acceptors (Lipinski definition) is 5. The van der Waals surface area contributed by atoms with Gasteiger partial charge in [0.1, 0.15) is 18.4 Å². The Hall–Kier alpha value is -3.62. The van der Waals surface area contributed by atoms with E-state index in [1.165, 1.54) is 0 Å². The molecule has 2 heterocycles. The maximum Gasteiger partial charge on any atom is 0.453 e. The van der Waals surface area contributed by atoms with Gasteiger partial charge in [0.05, 0.1) is 0 Å². The fourth-order valence-corrected chi connectivity index (χ4v) is 4.32. The summed E-state index contributed by atoms with van der Waals surface area (Å²) in [4.78, 5) is 16.6. The third-order valence-corrected chi connectivity index (χ3v) is 5.82. The van der Waals surface area contributed by atoms with Crippen molar-refractivity contribution < 1.29 is 22.7 Å². The summed E-state index contributed by atoms with van der Waals surface area (Å²) in [5.41, 5.74) is 2.71. The molecule has 33 heavy (non-hydrogen) atoms. The molecule has 1 aromatic heterocycles. The summed E-state index contributed by atoms with van der Waals surface area (Å²) < 4.78 is 47.0. The number of halogens is 3. The van der Waals surface area contributed by atoms with Crippen LogP contribution in [-0.2, 0) is 17.6 Å². The zero-order valence-corrected chi connectivity index (χ0v) is 17.8. The zero-order chi connectivity index (χ0) is 23.2. The van der Waals surface area contributed by atoms with Crippen molar-refractivity contribution in [2.75, 3.05) is 5.32 Å². The Morgan fingerprint density at radius 2 is 1.82 bits per heavy atom. The van der Waals surface area contributed by atoms with Gasteiger partial charge in [-0.2, -0.15) is 18.2 Å². The Morgan fingerprint density at radius 3 is 2.52 bits per heavy atom. The second-order valence-electron chi connectivity index (χ2n) is 8.40. The van der Waals surface area contributed by atoms with Crippen LogP contribution in [0.15, 0.2) is 65.9 Å².